The van der Waals surface area contributed by atoms with Gasteiger partial charge in [0.25, 0.3) is 0 Å². The Bertz CT molecular complexity index is 6630. The van der Waals surface area contributed by atoms with Gasteiger partial charge in [0, 0.05) is 77.7 Å². The lowest BCUT2D eigenvalue weighted by Gasteiger charge is -2.15. The molecule has 0 fully saturated rings. The molecule has 6 heteroatoms. The lowest BCUT2D eigenvalue weighted by atomic mass is 9.92. The highest BCUT2D eigenvalue weighted by Gasteiger charge is 2.19. The number of fused-ring (bicyclic) bond motifs is 12. The molecular formula is C94H58N6. The predicted octanol–water partition coefficient (Wildman–Crippen LogP) is 24.6. The SMILES string of the molecule is c1ccc(-c2c3ccccc3nc3c2ccc2ccc(-c4ccc(-c5ccc(-c6ccc7ncccc7c6)cc5)c5ccccc45)nc23)cc1.c1ccc(-c2c3ccccc3nc3c2ccc2ccc(-c4ccc5cc(-c6ccc(-c7ccc8ncccc8c7)cc6)ccc5c4)nc23)cc1. The normalized spacial score (nSPS) is 11.6. The number of benzene rings is 14. The van der Waals surface area contributed by atoms with E-state index < -0.39 is 0 Å². The van der Waals surface area contributed by atoms with E-state index in [4.69, 9.17) is 19.9 Å². The summed E-state index contributed by atoms with van der Waals surface area (Å²) in [6.07, 6.45) is 3.67. The molecule has 0 saturated carbocycles. The minimum Gasteiger partial charge on any atom is -0.256 e. The molecule has 0 atom stereocenters. The van der Waals surface area contributed by atoms with Gasteiger partial charge in [-0.05, 0) is 150 Å². The van der Waals surface area contributed by atoms with E-state index in [0.29, 0.717) is 0 Å². The van der Waals surface area contributed by atoms with Crippen LogP contribution < -0.4 is 0 Å². The molecule has 0 amide bonds. The smallest absolute Gasteiger partial charge is 0.0978 e. The summed E-state index contributed by atoms with van der Waals surface area (Å²) in [5, 5.41) is 13.7. The van der Waals surface area contributed by atoms with Crippen molar-refractivity contribution in [3.8, 4) is 89.3 Å². The van der Waals surface area contributed by atoms with Crippen LogP contribution in [-0.4, -0.2) is 29.9 Å². The highest BCUT2D eigenvalue weighted by atomic mass is 14.8. The van der Waals surface area contributed by atoms with Crippen molar-refractivity contribution in [2.45, 2.75) is 0 Å². The molecule has 6 aromatic heterocycles. The maximum atomic E-state index is 5.37. The minimum atomic E-state index is 0.913. The predicted molar refractivity (Wildman–Crippen MR) is 418 cm³/mol. The molecule has 100 heavy (non-hydrogen) atoms. The van der Waals surface area contributed by atoms with Gasteiger partial charge >= 0.3 is 0 Å². The zero-order valence-electron chi connectivity index (χ0n) is 54.2. The zero-order chi connectivity index (χ0) is 66.0. The third-order valence-electron chi connectivity index (χ3n) is 19.8. The van der Waals surface area contributed by atoms with Crippen molar-refractivity contribution in [3.63, 3.8) is 0 Å². The van der Waals surface area contributed by atoms with E-state index in [0.717, 1.165) is 110 Å². The molecule has 6 heterocycles. The van der Waals surface area contributed by atoms with Gasteiger partial charge in [-0.2, -0.15) is 0 Å². The molecule has 0 saturated heterocycles. The average molecular weight is 1270 g/mol. The first-order valence-corrected chi connectivity index (χ1v) is 33.9. The summed E-state index contributed by atoms with van der Waals surface area (Å²) in [4.78, 5) is 30.0. The van der Waals surface area contributed by atoms with Crippen LogP contribution in [0.1, 0.15) is 0 Å². The first-order valence-electron chi connectivity index (χ1n) is 33.9. The topological polar surface area (TPSA) is 77.3 Å². The fraction of sp³-hybridized carbons (Fsp3) is 0. The maximum absolute atomic E-state index is 5.37. The van der Waals surface area contributed by atoms with Crippen LogP contribution in [0.3, 0.4) is 0 Å². The van der Waals surface area contributed by atoms with Gasteiger partial charge in [0.15, 0.2) is 0 Å². The summed E-state index contributed by atoms with van der Waals surface area (Å²) in [5.41, 5.74) is 26.0. The Kier molecular flexibility index (Phi) is 14.1. The summed E-state index contributed by atoms with van der Waals surface area (Å²) in [6.45, 7) is 0. The number of hydrogen-bond acceptors (Lipinski definition) is 6. The molecule has 0 aliphatic heterocycles. The van der Waals surface area contributed by atoms with Crippen molar-refractivity contribution in [1.29, 1.82) is 0 Å². The molecule has 0 N–H and O–H groups in total. The standard InChI is InChI=1S/2C47H29N3/c1-2-9-32(10-3-1)45-40-14-6-7-15-43(40)50-47-41(45)23-20-33-21-27-44(49-46(33)47)39-25-24-36(37-12-4-5-13-38(37)39)31-18-16-30(17-19-31)34-22-26-42-35(29-34)11-8-28-48-42;1-2-7-32(8-3-1)45-40-10-4-5-11-44(40)50-47-41(45)23-20-33-21-25-43(49-46(33)47)39-19-18-36-27-34(16-17-37(36)29-39)30-12-14-31(15-13-30)35-22-24-42-38(28-35)9-6-26-48-42/h2*1-29H. The molecule has 0 bridgehead atoms. The van der Waals surface area contributed by atoms with Gasteiger partial charge in [-0.25, -0.2) is 19.9 Å². The summed E-state index contributed by atoms with van der Waals surface area (Å²) < 4.78 is 0. The molecule has 14 aromatic carbocycles. The molecule has 20 rings (SSSR count). The summed E-state index contributed by atoms with van der Waals surface area (Å²) in [7, 11) is 0. The second-order valence-corrected chi connectivity index (χ2v) is 25.7. The first kappa shape index (κ1) is 58.0. The van der Waals surface area contributed by atoms with Gasteiger partial charge in [0.05, 0.1) is 55.5 Å². The van der Waals surface area contributed by atoms with Crippen LogP contribution in [0.5, 0.6) is 0 Å². The van der Waals surface area contributed by atoms with Crippen LogP contribution in [-0.2, 0) is 0 Å². The second-order valence-electron chi connectivity index (χ2n) is 25.7. The van der Waals surface area contributed by atoms with Gasteiger partial charge < -0.3 is 0 Å². The van der Waals surface area contributed by atoms with Crippen LogP contribution >= 0.6 is 0 Å². The van der Waals surface area contributed by atoms with Crippen molar-refractivity contribution >= 4 is 109 Å². The monoisotopic (exact) mass is 1270 g/mol. The molecule has 464 valence electrons. The Morgan fingerprint density at radius 1 is 0.170 bits per heavy atom. The average Bonchev–Trinajstić information content (AvgIpc) is 0.747. The van der Waals surface area contributed by atoms with Gasteiger partial charge in [-0.15, -0.1) is 0 Å². The Labute approximate surface area is 576 Å². The lowest BCUT2D eigenvalue weighted by molar-refractivity contribution is 1.39. The third-order valence-corrected chi connectivity index (χ3v) is 19.8. The Morgan fingerprint density at radius 2 is 0.550 bits per heavy atom. The number of para-hydroxylation sites is 2. The number of nitrogens with zero attached hydrogens (tertiary/aromatic N) is 6. The zero-order valence-corrected chi connectivity index (χ0v) is 54.2. The summed E-state index contributed by atoms with van der Waals surface area (Å²) >= 11 is 0. The Hall–Kier alpha value is -13.4. The van der Waals surface area contributed by atoms with Crippen LogP contribution in [0.4, 0.5) is 0 Å². The lowest BCUT2D eigenvalue weighted by Crippen LogP contribution is -1.93. The molecule has 6 nitrogen and oxygen atoms in total. The van der Waals surface area contributed by atoms with Crippen LogP contribution in [0.2, 0.25) is 0 Å². The molecule has 0 radical (unpaired) electrons. The van der Waals surface area contributed by atoms with Crippen molar-refractivity contribution in [1.82, 2.24) is 29.9 Å². The van der Waals surface area contributed by atoms with E-state index in [2.05, 4.69) is 338 Å². The first-order chi connectivity index (χ1) is 49.5. The van der Waals surface area contributed by atoms with E-state index >= 15 is 0 Å². The van der Waals surface area contributed by atoms with E-state index in [1.807, 2.05) is 24.5 Å². The second kappa shape index (κ2) is 24.3. The third kappa shape index (κ3) is 10.4. The summed E-state index contributed by atoms with van der Waals surface area (Å²) in [5.74, 6) is 0. The molecular weight excluding hydrogens is 1210 g/mol. The van der Waals surface area contributed by atoms with Crippen molar-refractivity contribution in [2.75, 3.05) is 0 Å². The highest BCUT2D eigenvalue weighted by molar-refractivity contribution is 6.18. The van der Waals surface area contributed by atoms with E-state index in [1.54, 1.807) is 0 Å². The van der Waals surface area contributed by atoms with Gasteiger partial charge in [-0.1, -0.05) is 267 Å². The fourth-order valence-electron chi connectivity index (χ4n) is 14.8. The van der Waals surface area contributed by atoms with E-state index in [1.165, 1.54) is 88.3 Å². The molecule has 0 spiro atoms. The van der Waals surface area contributed by atoms with Crippen LogP contribution in [0.25, 0.3) is 198 Å². The highest BCUT2D eigenvalue weighted by Crippen LogP contribution is 2.43. The van der Waals surface area contributed by atoms with Crippen LogP contribution in [0, 0.1) is 0 Å². The molecule has 0 aliphatic carbocycles. The van der Waals surface area contributed by atoms with Gasteiger partial charge in [0.2, 0.25) is 0 Å². The molecule has 20 aromatic rings. The molecule has 0 unspecified atom stereocenters. The van der Waals surface area contributed by atoms with E-state index in [9.17, 15) is 0 Å². The Balaban J connectivity index is 0.000000139. The fourth-order valence-corrected chi connectivity index (χ4v) is 14.8. The van der Waals surface area contributed by atoms with Gasteiger partial charge in [0.1, 0.15) is 0 Å². The quantitative estimate of drug-likeness (QED) is 0.111. The minimum absolute atomic E-state index is 0.913. The van der Waals surface area contributed by atoms with Crippen LogP contribution in [0.15, 0.2) is 352 Å². The number of aromatic nitrogens is 6. The summed E-state index contributed by atoms with van der Waals surface area (Å²) in [6, 6.07) is 121. The maximum Gasteiger partial charge on any atom is 0.0978 e. The Morgan fingerprint density at radius 3 is 1.08 bits per heavy atom. The number of pyridine rings is 6. The van der Waals surface area contributed by atoms with E-state index in [-0.39, 0.29) is 0 Å². The number of rotatable bonds is 8. The van der Waals surface area contributed by atoms with Gasteiger partial charge in [-0.3, -0.25) is 9.97 Å². The van der Waals surface area contributed by atoms with Crippen molar-refractivity contribution in [3.05, 3.63) is 352 Å². The largest absolute Gasteiger partial charge is 0.256 e. The van der Waals surface area contributed by atoms with Crippen molar-refractivity contribution in [2.24, 2.45) is 0 Å². The number of hydrogen-bond donors (Lipinski definition) is 0. The van der Waals surface area contributed by atoms with Crippen molar-refractivity contribution < 1.29 is 0 Å². The molecule has 0 aliphatic rings.